The van der Waals surface area contributed by atoms with E-state index in [0.29, 0.717) is 22.8 Å². The fraction of sp³-hybridized carbons (Fsp3) is 0.385. The topological polar surface area (TPSA) is 77.3 Å². The number of carboxylic acid groups (broad SMARTS) is 1. The maximum Gasteiger partial charge on any atom is 0.351 e. The lowest BCUT2D eigenvalue weighted by molar-refractivity contribution is -0.160. The summed E-state index contributed by atoms with van der Waals surface area (Å²) >= 11 is 0. The largest absolute Gasteiger partial charge is 0.497 e. The van der Waals surface area contributed by atoms with Crippen molar-refractivity contribution < 1.29 is 24.2 Å². The van der Waals surface area contributed by atoms with Gasteiger partial charge in [0.1, 0.15) is 11.5 Å². The molecule has 0 amide bonds. The second-order valence-corrected chi connectivity index (χ2v) is 4.41. The molecule has 2 rings (SSSR count). The van der Waals surface area contributed by atoms with Gasteiger partial charge in [-0.2, -0.15) is 0 Å². The number of methoxy groups -OCH3 is 2. The van der Waals surface area contributed by atoms with Gasteiger partial charge in [-0.1, -0.05) is 5.16 Å². The van der Waals surface area contributed by atoms with E-state index in [0.717, 1.165) is 0 Å². The number of ether oxygens (including phenoxy) is 2. The van der Waals surface area contributed by atoms with Gasteiger partial charge in [0.05, 0.1) is 19.9 Å². The number of carbonyl (C=O) groups is 1. The van der Waals surface area contributed by atoms with E-state index in [9.17, 15) is 4.79 Å². The number of hydrogen-bond acceptors (Lipinski definition) is 5. The van der Waals surface area contributed by atoms with Crippen LogP contribution < -0.4 is 9.47 Å². The highest BCUT2D eigenvalue weighted by molar-refractivity contribution is 6.06. The smallest absolute Gasteiger partial charge is 0.351 e. The lowest BCUT2D eigenvalue weighted by Gasteiger charge is -2.15. The van der Waals surface area contributed by atoms with Gasteiger partial charge >= 0.3 is 5.97 Å². The van der Waals surface area contributed by atoms with E-state index < -0.39 is 11.6 Å². The average molecular weight is 265 g/mol. The fourth-order valence-electron chi connectivity index (χ4n) is 1.84. The Labute approximate surface area is 110 Å². The number of carboxylic acids is 1. The fourth-order valence-corrected chi connectivity index (χ4v) is 1.84. The molecule has 1 unspecified atom stereocenters. The highest BCUT2D eigenvalue weighted by Gasteiger charge is 2.43. The van der Waals surface area contributed by atoms with Gasteiger partial charge in [0.2, 0.25) is 5.60 Å². The molecule has 0 spiro atoms. The Balaban J connectivity index is 2.35. The SMILES string of the molecule is COc1ccc(OC)c(C2=NOC(C)(C(=O)O)C2)c1. The van der Waals surface area contributed by atoms with Gasteiger partial charge < -0.3 is 19.4 Å². The third-order valence-corrected chi connectivity index (χ3v) is 3.03. The van der Waals surface area contributed by atoms with Crippen molar-refractivity contribution in [1.82, 2.24) is 0 Å². The van der Waals surface area contributed by atoms with Gasteiger partial charge in [-0.3, -0.25) is 0 Å². The molecule has 1 N–H and O–H groups in total. The van der Waals surface area contributed by atoms with Crippen molar-refractivity contribution in [1.29, 1.82) is 0 Å². The molecule has 19 heavy (non-hydrogen) atoms. The summed E-state index contributed by atoms with van der Waals surface area (Å²) in [5.41, 5.74) is -0.129. The summed E-state index contributed by atoms with van der Waals surface area (Å²) < 4.78 is 10.4. The van der Waals surface area contributed by atoms with Crippen molar-refractivity contribution in [3.8, 4) is 11.5 Å². The van der Waals surface area contributed by atoms with Crippen molar-refractivity contribution >= 4 is 11.7 Å². The first kappa shape index (κ1) is 13.2. The summed E-state index contributed by atoms with van der Waals surface area (Å²) in [6.07, 6.45) is 0.172. The zero-order valence-electron chi connectivity index (χ0n) is 11.0. The molecule has 1 aromatic carbocycles. The van der Waals surface area contributed by atoms with Crippen molar-refractivity contribution in [3.63, 3.8) is 0 Å². The Morgan fingerprint density at radius 2 is 2.16 bits per heavy atom. The molecule has 1 aromatic rings. The van der Waals surface area contributed by atoms with E-state index in [1.54, 1.807) is 25.3 Å². The average Bonchev–Trinajstić information content (AvgIpc) is 2.82. The van der Waals surface area contributed by atoms with Crippen molar-refractivity contribution in [2.75, 3.05) is 14.2 Å². The third kappa shape index (κ3) is 2.33. The van der Waals surface area contributed by atoms with Crippen molar-refractivity contribution in [2.24, 2.45) is 5.16 Å². The highest BCUT2D eigenvalue weighted by atomic mass is 16.7. The lowest BCUT2D eigenvalue weighted by Crippen LogP contribution is -2.35. The molecule has 0 saturated heterocycles. The minimum absolute atomic E-state index is 0.172. The molecule has 6 nitrogen and oxygen atoms in total. The van der Waals surface area contributed by atoms with Crippen molar-refractivity contribution in [3.05, 3.63) is 23.8 Å². The van der Waals surface area contributed by atoms with Crippen LogP contribution >= 0.6 is 0 Å². The number of benzene rings is 1. The number of nitrogens with zero attached hydrogens (tertiary/aromatic N) is 1. The Hall–Kier alpha value is -2.24. The quantitative estimate of drug-likeness (QED) is 0.896. The van der Waals surface area contributed by atoms with E-state index in [1.165, 1.54) is 14.0 Å². The Morgan fingerprint density at radius 1 is 1.42 bits per heavy atom. The van der Waals surface area contributed by atoms with Crippen LogP contribution in [0.5, 0.6) is 11.5 Å². The van der Waals surface area contributed by atoms with Crippen LogP contribution in [0.4, 0.5) is 0 Å². The molecule has 102 valence electrons. The van der Waals surface area contributed by atoms with Gasteiger partial charge in [-0.25, -0.2) is 4.79 Å². The van der Waals surface area contributed by atoms with E-state index >= 15 is 0 Å². The molecule has 1 aliphatic rings. The van der Waals surface area contributed by atoms with Crippen LogP contribution in [0, 0.1) is 0 Å². The minimum atomic E-state index is -1.33. The standard InChI is InChI=1S/C13H15NO5/c1-13(12(15)16)7-10(14-19-13)9-6-8(17-2)4-5-11(9)18-3/h4-6H,7H2,1-3H3,(H,15,16). The first-order chi connectivity index (χ1) is 9.00. The number of oxime groups is 1. The monoisotopic (exact) mass is 265 g/mol. The Bertz CT molecular complexity index is 540. The minimum Gasteiger partial charge on any atom is -0.497 e. The molecular formula is C13H15NO5. The van der Waals surface area contributed by atoms with E-state index in [2.05, 4.69) is 5.16 Å². The van der Waals surface area contributed by atoms with Crippen molar-refractivity contribution in [2.45, 2.75) is 18.9 Å². The highest BCUT2D eigenvalue weighted by Crippen LogP contribution is 2.32. The number of hydrogen-bond donors (Lipinski definition) is 1. The number of rotatable bonds is 4. The zero-order valence-corrected chi connectivity index (χ0v) is 11.0. The zero-order chi connectivity index (χ0) is 14.0. The molecule has 6 heteroatoms. The van der Waals surface area contributed by atoms with Gasteiger partial charge in [-0.15, -0.1) is 0 Å². The maximum absolute atomic E-state index is 11.1. The molecule has 1 aliphatic heterocycles. The lowest BCUT2D eigenvalue weighted by atomic mass is 9.95. The molecule has 0 aliphatic carbocycles. The first-order valence-electron chi connectivity index (χ1n) is 5.71. The molecule has 1 heterocycles. The predicted molar refractivity (Wildman–Crippen MR) is 67.8 cm³/mol. The molecule has 1 atom stereocenters. The second-order valence-electron chi connectivity index (χ2n) is 4.41. The normalized spacial score (nSPS) is 21.5. The molecule has 0 saturated carbocycles. The summed E-state index contributed by atoms with van der Waals surface area (Å²) in [5, 5.41) is 13.0. The maximum atomic E-state index is 11.1. The molecule has 0 aromatic heterocycles. The summed E-state index contributed by atoms with van der Waals surface area (Å²) in [6, 6.07) is 5.25. The summed E-state index contributed by atoms with van der Waals surface area (Å²) in [7, 11) is 3.10. The molecular weight excluding hydrogens is 250 g/mol. The predicted octanol–water partition coefficient (Wildman–Crippen LogP) is 1.67. The number of aliphatic carboxylic acids is 1. The molecule has 0 bridgehead atoms. The Morgan fingerprint density at radius 3 is 2.68 bits per heavy atom. The Kier molecular flexibility index (Phi) is 3.33. The van der Waals surface area contributed by atoms with Crippen LogP contribution in [0.1, 0.15) is 18.9 Å². The third-order valence-electron chi connectivity index (χ3n) is 3.03. The van der Waals surface area contributed by atoms with Crippen LogP contribution in [-0.2, 0) is 9.63 Å². The van der Waals surface area contributed by atoms with Gasteiger partial charge in [0, 0.05) is 12.0 Å². The van der Waals surface area contributed by atoms with E-state index in [4.69, 9.17) is 19.4 Å². The second kappa shape index (κ2) is 4.79. The summed E-state index contributed by atoms with van der Waals surface area (Å²) in [5.74, 6) is 0.188. The van der Waals surface area contributed by atoms with E-state index in [-0.39, 0.29) is 6.42 Å². The van der Waals surface area contributed by atoms with Crippen LogP contribution in [0.3, 0.4) is 0 Å². The van der Waals surface area contributed by atoms with Crippen LogP contribution in [0.15, 0.2) is 23.4 Å². The molecule has 0 fully saturated rings. The van der Waals surface area contributed by atoms with Crippen LogP contribution in [0.25, 0.3) is 0 Å². The van der Waals surface area contributed by atoms with Crippen LogP contribution in [0.2, 0.25) is 0 Å². The van der Waals surface area contributed by atoms with Gasteiger partial charge in [0.15, 0.2) is 0 Å². The van der Waals surface area contributed by atoms with Gasteiger partial charge in [-0.05, 0) is 25.1 Å². The van der Waals surface area contributed by atoms with Crippen LogP contribution in [-0.4, -0.2) is 36.6 Å². The summed E-state index contributed by atoms with van der Waals surface area (Å²) in [6.45, 7) is 1.48. The molecule has 0 radical (unpaired) electrons. The first-order valence-corrected chi connectivity index (χ1v) is 5.71. The van der Waals surface area contributed by atoms with E-state index in [1.807, 2.05) is 0 Å². The summed E-state index contributed by atoms with van der Waals surface area (Å²) in [4.78, 5) is 16.2. The van der Waals surface area contributed by atoms with Gasteiger partial charge in [0.25, 0.3) is 0 Å².